The molecule has 3 heterocycles. The summed E-state index contributed by atoms with van der Waals surface area (Å²) in [6.45, 7) is 16.7. The number of hydrogen-bond acceptors (Lipinski definition) is 7. The van der Waals surface area contributed by atoms with Crippen LogP contribution < -0.4 is 4.90 Å². The second-order valence-corrected chi connectivity index (χ2v) is 8.70. The number of anilines is 1. The summed E-state index contributed by atoms with van der Waals surface area (Å²) in [6.07, 6.45) is 8.75. The summed E-state index contributed by atoms with van der Waals surface area (Å²) < 4.78 is 11.3. The third kappa shape index (κ3) is 5.88. The van der Waals surface area contributed by atoms with Crippen LogP contribution in [0.15, 0.2) is 30.8 Å². The molecule has 0 saturated carbocycles. The molecule has 7 heteroatoms. The first-order valence-electron chi connectivity index (χ1n) is 12.0. The van der Waals surface area contributed by atoms with Crippen molar-refractivity contribution < 1.29 is 9.47 Å². The molecule has 0 spiro atoms. The van der Waals surface area contributed by atoms with Gasteiger partial charge in [-0.1, -0.05) is 13.0 Å². The van der Waals surface area contributed by atoms with Crippen molar-refractivity contribution in [3.8, 4) is 0 Å². The highest BCUT2D eigenvalue weighted by molar-refractivity contribution is 5.49. The van der Waals surface area contributed by atoms with Gasteiger partial charge in [0.25, 0.3) is 0 Å². The first-order valence-corrected chi connectivity index (χ1v) is 12.0. The minimum absolute atomic E-state index is 0.122. The Hall–Kier alpha value is -1.96. The Balaban J connectivity index is 1.67. The molecule has 0 bridgehead atoms. The van der Waals surface area contributed by atoms with Crippen LogP contribution in [0.5, 0.6) is 0 Å². The molecule has 0 amide bonds. The molecular formula is C25H41N5O2. The van der Waals surface area contributed by atoms with Gasteiger partial charge in [-0.15, -0.1) is 6.58 Å². The first kappa shape index (κ1) is 24.7. The Morgan fingerprint density at radius 1 is 1.09 bits per heavy atom. The van der Waals surface area contributed by atoms with E-state index < -0.39 is 0 Å². The number of rotatable bonds is 10. The lowest BCUT2D eigenvalue weighted by molar-refractivity contribution is 0.0388. The van der Waals surface area contributed by atoms with Crippen LogP contribution in [0.4, 0.5) is 5.82 Å². The Labute approximate surface area is 194 Å². The summed E-state index contributed by atoms with van der Waals surface area (Å²) in [4.78, 5) is 16.9. The summed E-state index contributed by atoms with van der Waals surface area (Å²) in [5.41, 5.74) is 2.54. The van der Waals surface area contributed by atoms with Crippen LogP contribution in [0.1, 0.15) is 31.5 Å². The predicted molar refractivity (Wildman–Crippen MR) is 130 cm³/mol. The third-order valence-electron chi connectivity index (χ3n) is 6.78. The molecule has 0 aromatic carbocycles. The van der Waals surface area contributed by atoms with Crippen molar-refractivity contribution in [2.75, 3.05) is 71.5 Å². The van der Waals surface area contributed by atoms with Gasteiger partial charge in [0, 0.05) is 70.8 Å². The minimum Gasteiger partial charge on any atom is -0.499 e. The summed E-state index contributed by atoms with van der Waals surface area (Å²) in [5, 5.41) is 0. The fraction of sp³-hybridized carbons (Fsp3) is 0.680. The van der Waals surface area contributed by atoms with Crippen LogP contribution >= 0.6 is 0 Å². The second kappa shape index (κ2) is 12.3. The van der Waals surface area contributed by atoms with E-state index in [-0.39, 0.29) is 12.0 Å². The van der Waals surface area contributed by atoms with E-state index in [1.165, 1.54) is 24.2 Å². The van der Waals surface area contributed by atoms with Gasteiger partial charge in [0.1, 0.15) is 24.0 Å². The Morgan fingerprint density at radius 2 is 1.84 bits per heavy atom. The Kier molecular flexibility index (Phi) is 9.51. The molecule has 1 saturated heterocycles. The molecule has 2 aliphatic rings. The number of fused-ring (bicyclic) bond motifs is 1. The average molecular weight is 444 g/mol. The molecule has 7 nitrogen and oxygen atoms in total. The van der Waals surface area contributed by atoms with Gasteiger partial charge >= 0.3 is 0 Å². The van der Waals surface area contributed by atoms with E-state index in [1.54, 1.807) is 20.5 Å². The average Bonchev–Trinajstić information content (AvgIpc) is 3.04. The summed E-state index contributed by atoms with van der Waals surface area (Å²) >= 11 is 0. The highest BCUT2D eigenvalue weighted by Gasteiger charge is 2.28. The SMILES string of the molecule is C=CC(CN1CCc2ncnc(N3CCN(CCC)CC3)c2CC1)C(OC)/C(=C\C)OC. The maximum atomic E-state index is 5.78. The third-order valence-corrected chi connectivity index (χ3v) is 6.78. The van der Waals surface area contributed by atoms with Gasteiger partial charge in [0.2, 0.25) is 0 Å². The van der Waals surface area contributed by atoms with E-state index in [2.05, 4.69) is 33.2 Å². The monoisotopic (exact) mass is 443 g/mol. The van der Waals surface area contributed by atoms with Crippen LogP contribution in [0.2, 0.25) is 0 Å². The smallest absolute Gasteiger partial charge is 0.135 e. The second-order valence-electron chi connectivity index (χ2n) is 8.70. The molecule has 0 aliphatic carbocycles. The molecule has 3 rings (SSSR count). The van der Waals surface area contributed by atoms with Gasteiger partial charge in [-0.05, 0) is 32.4 Å². The highest BCUT2D eigenvalue weighted by atomic mass is 16.5. The number of ether oxygens (including phenoxy) is 2. The molecule has 2 unspecified atom stereocenters. The molecule has 1 fully saturated rings. The van der Waals surface area contributed by atoms with Gasteiger partial charge in [-0.2, -0.15) is 0 Å². The molecule has 178 valence electrons. The van der Waals surface area contributed by atoms with Crippen LogP contribution in [0.3, 0.4) is 0 Å². The maximum absolute atomic E-state index is 5.78. The van der Waals surface area contributed by atoms with Crippen molar-refractivity contribution in [1.82, 2.24) is 19.8 Å². The normalized spacial score (nSPS) is 20.4. The van der Waals surface area contributed by atoms with Crippen molar-refractivity contribution in [2.45, 2.75) is 39.2 Å². The van der Waals surface area contributed by atoms with E-state index in [4.69, 9.17) is 14.5 Å². The van der Waals surface area contributed by atoms with E-state index in [0.717, 1.165) is 70.2 Å². The van der Waals surface area contributed by atoms with Gasteiger partial charge in [-0.3, -0.25) is 4.90 Å². The Bertz CT molecular complexity index is 761. The minimum atomic E-state index is -0.122. The number of methoxy groups -OCH3 is 2. The molecule has 1 aromatic rings. The van der Waals surface area contributed by atoms with Gasteiger partial charge in [0.05, 0.1) is 12.8 Å². The summed E-state index contributed by atoms with van der Waals surface area (Å²) in [7, 11) is 3.44. The van der Waals surface area contributed by atoms with Crippen molar-refractivity contribution in [1.29, 1.82) is 0 Å². The van der Waals surface area contributed by atoms with Crippen molar-refractivity contribution in [3.05, 3.63) is 42.1 Å². The lowest BCUT2D eigenvalue weighted by Gasteiger charge is -2.36. The largest absolute Gasteiger partial charge is 0.499 e. The zero-order chi connectivity index (χ0) is 22.9. The van der Waals surface area contributed by atoms with Crippen molar-refractivity contribution in [3.63, 3.8) is 0 Å². The van der Waals surface area contributed by atoms with Crippen LogP contribution in [0.25, 0.3) is 0 Å². The van der Waals surface area contributed by atoms with Gasteiger partial charge in [0.15, 0.2) is 0 Å². The number of allylic oxidation sites excluding steroid dienone is 1. The number of piperazine rings is 1. The van der Waals surface area contributed by atoms with E-state index in [9.17, 15) is 0 Å². The molecule has 1 aromatic heterocycles. The summed E-state index contributed by atoms with van der Waals surface area (Å²) in [5.74, 6) is 2.16. The summed E-state index contributed by atoms with van der Waals surface area (Å²) in [6, 6.07) is 0. The lowest BCUT2D eigenvalue weighted by atomic mass is 9.99. The molecule has 2 aliphatic heterocycles. The predicted octanol–water partition coefficient (Wildman–Crippen LogP) is 2.78. The molecule has 32 heavy (non-hydrogen) atoms. The quantitative estimate of drug-likeness (QED) is 0.407. The number of aromatic nitrogens is 2. The van der Waals surface area contributed by atoms with Gasteiger partial charge < -0.3 is 19.3 Å². The topological polar surface area (TPSA) is 54.0 Å². The zero-order valence-corrected chi connectivity index (χ0v) is 20.4. The fourth-order valence-electron chi connectivity index (χ4n) is 5.00. The highest BCUT2D eigenvalue weighted by Crippen LogP contribution is 2.26. The zero-order valence-electron chi connectivity index (χ0n) is 20.4. The van der Waals surface area contributed by atoms with Gasteiger partial charge in [-0.25, -0.2) is 9.97 Å². The first-order chi connectivity index (χ1) is 15.6. The fourth-order valence-corrected chi connectivity index (χ4v) is 5.00. The Morgan fingerprint density at radius 3 is 2.47 bits per heavy atom. The van der Waals surface area contributed by atoms with Crippen LogP contribution in [-0.4, -0.2) is 92.4 Å². The number of nitrogens with zero attached hydrogens (tertiary/aromatic N) is 5. The van der Waals surface area contributed by atoms with E-state index in [1.807, 2.05) is 19.1 Å². The maximum Gasteiger partial charge on any atom is 0.135 e. The lowest BCUT2D eigenvalue weighted by Crippen LogP contribution is -2.47. The standard InChI is InChI=1S/C25H41N5O2/c1-6-11-28-14-16-30(17-15-28)25-21-9-12-29(13-10-22(21)26-19-27-25)18-20(7-2)24(32-5)23(8-3)31-4/h7-8,19-20,24H,2,6,9-18H2,1,3-5H3/b23-8+. The van der Waals surface area contributed by atoms with Crippen molar-refractivity contribution >= 4 is 5.82 Å². The molecule has 2 atom stereocenters. The van der Waals surface area contributed by atoms with E-state index >= 15 is 0 Å². The van der Waals surface area contributed by atoms with Crippen LogP contribution in [0, 0.1) is 5.92 Å². The molecule has 0 N–H and O–H groups in total. The van der Waals surface area contributed by atoms with Crippen LogP contribution in [-0.2, 0) is 22.3 Å². The number of hydrogen-bond donors (Lipinski definition) is 0. The van der Waals surface area contributed by atoms with Crippen molar-refractivity contribution in [2.24, 2.45) is 5.92 Å². The molecular weight excluding hydrogens is 402 g/mol. The molecule has 0 radical (unpaired) electrons. The van der Waals surface area contributed by atoms with E-state index in [0.29, 0.717) is 0 Å².